The maximum Gasteiger partial charge on any atom is 0.248 e. The van der Waals surface area contributed by atoms with Crippen LogP contribution in [0.4, 0.5) is 5.82 Å². The lowest BCUT2D eigenvalue weighted by atomic mass is 10.3. The van der Waals surface area contributed by atoms with E-state index in [1.54, 1.807) is 7.05 Å². The Morgan fingerprint density at radius 1 is 1.62 bits per heavy atom. The molecule has 0 aliphatic carbocycles. The number of hydrogen-bond donors (Lipinski definition) is 2. The summed E-state index contributed by atoms with van der Waals surface area (Å²) in [6, 6.07) is 0. The van der Waals surface area contributed by atoms with E-state index in [1.807, 2.05) is 0 Å². The van der Waals surface area contributed by atoms with Crippen LogP contribution in [-0.2, 0) is 17.1 Å². The number of nitrogens with zero attached hydrogens (tertiary/aromatic N) is 3. The summed E-state index contributed by atoms with van der Waals surface area (Å²) in [6.07, 6.45) is 1.24. The Morgan fingerprint density at radius 3 is 2.75 bits per heavy atom. The average Bonchev–Trinajstić information content (AvgIpc) is 2.73. The Kier molecular flexibility index (Phi) is 2.64. The van der Waals surface area contributed by atoms with Crippen LogP contribution in [-0.4, -0.2) is 46.8 Å². The van der Waals surface area contributed by atoms with Crippen LogP contribution >= 0.6 is 0 Å². The second-order valence-electron chi connectivity index (χ2n) is 3.86. The average molecular weight is 246 g/mol. The number of hydrogen-bond acceptors (Lipinski definition) is 5. The van der Waals surface area contributed by atoms with E-state index >= 15 is 0 Å². The van der Waals surface area contributed by atoms with Gasteiger partial charge >= 0.3 is 0 Å². The van der Waals surface area contributed by atoms with Crippen LogP contribution in [0.5, 0.6) is 0 Å². The van der Waals surface area contributed by atoms with Gasteiger partial charge in [-0.1, -0.05) is 0 Å². The Balaban J connectivity index is 2.36. The predicted octanol–water partition coefficient (Wildman–Crippen LogP) is -1.24. The fourth-order valence-electron chi connectivity index (χ4n) is 1.75. The summed E-state index contributed by atoms with van der Waals surface area (Å²) in [7, 11) is -2.01. The minimum atomic E-state index is -3.62. The smallest absolute Gasteiger partial charge is 0.248 e. The molecule has 0 radical (unpaired) electrons. The van der Waals surface area contributed by atoms with Crippen molar-refractivity contribution in [3.63, 3.8) is 0 Å². The van der Waals surface area contributed by atoms with E-state index in [-0.39, 0.29) is 17.3 Å². The number of sulfonamides is 1. The van der Waals surface area contributed by atoms with Gasteiger partial charge in [-0.2, -0.15) is 9.40 Å². The highest BCUT2D eigenvalue weighted by atomic mass is 32.2. The van der Waals surface area contributed by atoms with Crippen LogP contribution in [0, 0.1) is 0 Å². The summed E-state index contributed by atoms with van der Waals surface area (Å²) >= 11 is 0. The van der Waals surface area contributed by atoms with Gasteiger partial charge in [0.1, 0.15) is 4.90 Å². The highest BCUT2D eigenvalue weighted by Crippen LogP contribution is 2.24. The van der Waals surface area contributed by atoms with E-state index < -0.39 is 16.1 Å². The van der Waals surface area contributed by atoms with Gasteiger partial charge in [-0.15, -0.1) is 0 Å². The molecule has 2 heterocycles. The van der Waals surface area contributed by atoms with E-state index in [0.717, 1.165) is 0 Å². The Labute approximate surface area is 93.5 Å². The molecule has 0 aromatic carbocycles. The third-order valence-electron chi connectivity index (χ3n) is 2.57. The van der Waals surface area contributed by atoms with Crippen LogP contribution in [0.3, 0.4) is 0 Å². The summed E-state index contributed by atoms with van der Waals surface area (Å²) in [5, 5.41) is 13.1. The molecule has 16 heavy (non-hydrogen) atoms. The summed E-state index contributed by atoms with van der Waals surface area (Å²) < 4.78 is 26.8. The lowest BCUT2D eigenvalue weighted by Crippen LogP contribution is -2.30. The minimum Gasteiger partial charge on any atom is -0.392 e. The van der Waals surface area contributed by atoms with Crippen molar-refractivity contribution in [1.82, 2.24) is 14.1 Å². The first-order valence-electron chi connectivity index (χ1n) is 4.88. The van der Waals surface area contributed by atoms with E-state index in [9.17, 15) is 13.5 Å². The Bertz CT molecular complexity index is 495. The maximum absolute atomic E-state index is 12.1. The van der Waals surface area contributed by atoms with Gasteiger partial charge in [-0.3, -0.25) is 4.68 Å². The fraction of sp³-hybridized carbons (Fsp3) is 0.625. The maximum atomic E-state index is 12.1. The number of aromatic nitrogens is 2. The molecule has 0 saturated carbocycles. The number of aryl methyl sites for hydroxylation is 1. The summed E-state index contributed by atoms with van der Waals surface area (Å²) in [6.45, 7) is 0.439. The molecule has 1 atom stereocenters. The van der Waals surface area contributed by atoms with Crippen LogP contribution in [0.1, 0.15) is 6.42 Å². The van der Waals surface area contributed by atoms with Gasteiger partial charge in [0.2, 0.25) is 10.0 Å². The second kappa shape index (κ2) is 3.72. The van der Waals surface area contributed by atoms with Crippen molar-refractivity contribution in [2.75, 3.05) is 18.8 Å². The molecule has 1 aromatic rings. The van der Waals surface area contributed by atoms with E-state index in [1.165, 1.54) is 15.2 Å². The number of β-amino-alcohol motifs (C(OH)–C–C–N with tert-alkyl or cyclic N) is 1. The Morgan fingerprint density at radius 2 is 2.31 bits per heavy atom. The molecule has 0 bridgehead atoms. The molecular formula is C8H14N4O3S. The minimum absolute atomic E-state index is 0.00380. The van der Waals surface area contributed by atoms with Crippen molar-refractivity contribution < 1.29 is 13.5 Å². The van der Waals surface area contributed by atoms with E-state index in [4.69, 9.17) is 5.73 Å². The molecule has 1 aliphatic heterocycles. The fourth-order valence-corrected chi connectivity index (χ4v) is 3.33. The van der Waals surface area contributed by atoms with Gasteiger partial charge in [0.15, 0.2) is 5.82 Å². The molecule has 1 fully saturated rings. The van der Waals surface area contributed by atoms with Crippen molar-refractivity contribution in [2.45, 2.75) is 17.4 Å². The first-order valence-corrected chi connectivity index (χ1v) is 6.32. The number of aliphatic hydroxyl groups is 1. The zero-order valence-electron chi connectivity index (χ0n) is 8.87. The molecule has 1 saturated heterocycles. The molecule has 1 aromatic heterocycles. The van der Waals surface area contributed by atoms with Gasteiger partial charge < -0.3 is 10.8 Å². The van der Waals surface area contributed by atoms with Crippen LogP contribution in [0.25, 0.3) is 0 Å². The van der Waals surface area contributed by atoms with E-state index in [0.29, 0.717) is 13.0 Å². The Hall–Kier alpha value is -1.12. The molecule has 1 aliphatic rings. The molecule has 0 amide bonds. The molecule has 8 heteroatoms. The lowest BCUT2D eigenvalue weighted by Gasteiger charge is -2.14. The van der Waals surface area contributed by atoms with Crippen molar-refractivity contribution in [3.05, 3.63) is 6.20 Å². The zero-order chi connectivity index (χ0) is 11.9. The third-order valence-corrected chi connectivity index (χ3v) is 4.45. The molecule has 0 unspecified atom stereocenters. The molecule has 7 nitrogen and oxygen atoms in total. The summed E-state index contributed by atoms with van der Waals surface area (Å²) in [5.74, 6) is -0.0103. The number of rotatable bonds is 2. The number of aliphatic hydroxyl groups excluding tert-OH is 1. The third kappa shape index (κ3) is 1.79. The van der Waals surface area contributed by atoms with Crippen LogP contribution < -0.4 is 5.73 Å². The summed E-state index contributed by atoms with van der Waals surface area (Å²) in [4.78, 5) is 0.00380. The lowest BCUT2D eigenvalue weighted by molar-refractivity contribution is 0.189. The van der Waals surface area contributed by atoms with Gasteiger partial charge in [0.05, 0.1) is 6.10 Å². The highest BCUT2D eigenvalue weighted by molar-refractivity contribution is 7.89. The highest BCUT2D eigenvalue weighted by Gasteiger charge is 2.33. The van der Waals surface area contributed by atoms with Gasteiger partial charge in [-0.05, 0) is 6.42 Å². The molecular weight excluding hydrogens is 232 g/mol. The van der Waals surface area contributed by atoms with Gasteiger partial charge in [0.25, 0.3) is 0 Å². The van der Waals surface area contributed by atoms with Crippen LogP contribution in [0.2, 0.25) is 0 Å². The second-order valence-corrected chi connectivity index (χ2v) is 5.76. The van der Waals surface area contributed by atoms with Crippen LogP contribution in [0.15, 0.2) is 11.1 Å². The normalized spacial score (nSPS) is 22.8. The summed E-state index contributed by atoms with van der Waals surface area (Å²) in [5.41, 5.74) is 5.53. The SMILES string of the molecule is Cn1cc(S(=O)(=O)N2CC[C@H](O)C2)c(N)n1. The standard InChI is InChI=1S/C8H14N4O3S/c1-11-5-7(8(9)10-11)16(14,15)12-3-2-6(13)4-12/h5-6,13H,2-4H2,1H3,(H2,9,10)/t6-/m0/s1. The molecule has 90 valence electrons. The van der Waals surface area contributed by atoms with Gasteiger partial charge in [-0.25, -0.2) is 8.42 Å². The van der Waals surface area contributed by atoms with Crippen molar-refractivity contribution >= 4 is 15.8 Å². The van der Waals surface area contributed by atoms with Crippen molar-refractivity contribution in [3.8, 4) is 0 Å². The zero-order valence-corrected chi connectivity index (χ0v) is 9.68. The number of nitrogen functional groups attached to an aromatic ring is 1. The predicted molar refractivity (Wildman–Crippen MR) is 57.0 cm³/mol. The first kappa shape index (κ1) is 11.4. The topological polar surface area (TPSA) is 101 Å². The van der Waals surface area contributed by atoms with E-state index in [2.05, 4.69) is 5.10 Å². The molecule has 3 N–H and O–H groups in total. The van der Waals surface area contributed by atoms with Gasteiger partial charge in [0, 0.05) is 26.3 Å². The monoisotopic (exact) mass is 246 g/mol. The number of nitrogens with two attached hydrogens (primary N) is 1. The quantitative estimate of drug-likeness (QED) is 0.679. The molecule has 0 spiro atoms. The van der Waals surface area contributed by atoms with Crippen molar-refractivity contribution in [1.29, 1.82) is 0 Å². The first-order chi connectivity index (χ1) is 7.41. The largest absolute Gasteiger partial charge is 0.392 e. The molecule has 2 rings (SSSR count). The van der Waals surface area contributed by atoms with Crippen molar-refractivity contribution in [2.24, 2.45) is 7.05 Å². The number of anilines is 1.